The second-order valence-corrected chi connectivity index (χ2v) is 16.7. The first-order chi connectivity index (χ1) is 27.6. The van der Waals surface area contributed by atoms with Crippen LogP contribution in [-0.4, -0.2) is 52.3 Å². The third-order valence-electron chi connectivity index (χ3n) is 12.2. The predicted octanol–water partition coefficient (Wildman–Crippen LogP) is 10.4. The van der Waals surface area contributed by atoms with Gasteiger partial charge in [0.05, 0.1) is 46.2 Å². The topological polar surface area (TPSA) is 133 Å². The van der Waals surface area contributed by atoms with Gasteiger partial charge in [-0.05, 0) is 141 Å². The minimum absolute atomic E-state index is 0.105. The fourth-order valence-corrected chi connectivity index (χ4v) is 8.90. The molecule has 1 unspecified atom stereocenters. The number of hydrogen-bond acceptors (Lipinski definition) is 9. The van der Waals surface area contributed by atoms with Crippen LogP contribution in [0.15, 0.2) is 141 Å². The van der Waals surface area contributed by atoms with Gasteiger partial charge < -0.3 is 25.1 Å². The minimum Gasteiger partial charge on any atom is -0.511 e. The van der Waals surface area contributed by atoms with Crippen molar-refractivity contribution in [3.05, 3.63) is 126 Å². The van der Waals surface area contributed by atoms with Gasteiger partial charge in [0.2, 0.25) is 0 Å². The van der Waals surface area contributed by atoms with E-state index in [1.807, 2.05) is 45.9 Å². The largest absolute Gasteiger partial charge is 0.511 e. The van der Waals surface area contributed by atoms with Crippen LogP contribution in [0.1, 0.15) is 121 Å². The number of rotatable bonds is 14. The van der Waals surface area contributed by atoms with Crippen LogP contribution in [0.3, 0.4) is 0 Å². The highest BCUT2D eigenvalue weighted by Crippen LogP contribution is 2.46. The molecule has 9 nitrogen and oxygen atoms in total. The van der Waals surface area contributed by atoms with E-state index in [2.05, 4.69) is 52.1 Å². The molecule has 0 aromatic carbocycles. The zero-order chi connectivity index (χ0) is 42.0. The van der Waals surface area contributed by atoms with Gasteiger partial charge >= 0.3 is 5.97 Å². The molecule has 0 aromatic heterocycles. The second kappa shape index (κ2) is 17.8. The molecular formula is C49H60N4O5. The van der Waals surface area contributed by atoms with Crippen LogP contribution < -0.4 is 5.32 Å². The molecule has 1 saturated heterocycles. The Kier molecular flexibility index (Phi) is 13.0. The molecule has 0 aromatic rings. The van der Waals surface area contributed by atoms with Crippen LogP contribution in [0.5, 0.6) is 0 Å². The zero-order valence-corrected chi connectivity index (χ0v) is 36.0. The fraction of sp³-hybridized carbons (Fsp3) is 0.449. The van der Waals surface area contributed by atoms with Crippen LogP contribution in [0.4, 0.5) is 0 Å². The maximum absolute atomic E-state index is 13.2. The third kappa shape index (κ3) is 8.51. The highest BCUT2D eigenvalue weighted by atomic mass is 16.5. The van der Waals surface area contributed by atoms with Gasteiger partial charge in [0.1, 0.15) is 18.7 Å². The maximum Gasteiger partial charge on any atom is 0.306 e. The molecule has 6 aliphatic rings. The minimum atomic E-state index is -0.801. The Bertz CT molecular complexity index is 2260. The number of carbonyl (C=O) groups excluding carboxylic acids is 2. The number of aldehydes is 1. The summed E-state index contributed by atoms with van der Waals surface area (Å²) in [6.07, 6.45) is 16.2. The summed E-state index contributed by atoms with van der Waals surface area (Å²) in [6.45, 7) is 20.5. The number of aliphatic hydroxyl groups excluding tert-OH is 2. The summed E-state index contributed by atoms with van der Waals surface area (Å²) in [6, 6.07) is 0. The molecule has 5 heterocycles. The summed E-state index contributed by atoms with van der Waals surface area (Å²) in [5.41, 5.74) is 16.3. The summed E-state index contributed by atoms with van der Waals surface area (Å²) in [7, 11) is 0. The Hall–Kier alpha value is -5.15. The lowest BCUT2D eigenvalue weighted by Crippen LogP contribution is -2.16. The van der Waals surface area contributed by atoms with E-state index in [1.165, 1.54) is 16.7 Å². The molecule has 8 bridgehead atoms. The van der Waals surface area contributed by atoms with Crippen molar-refractivity contribution in [2.75, 3.05) is 6.61 Å². The van der Waals surface area contributed by atoms with E-state index in [0.717, 1.165) is 88.9 Å². The Morgan fingerprint density at radius 2 is 1.59 bits per heavy atom. The number of nitrogens with zero attached hydrogens (tertiary/aromatic N) is 3. The number of fused-ring (bicyclic) bond motifs is 5. The van der Waals surface area contributed by atoms with Crippen molar-refractivity contribution in [2.45, 2.75) is 127 Å². The molecule has 0 saturated carbocycles. The van der Waals surface area contributed by atoms with Crippen LogP contribution in [0, 0.1) is 11.8 Å². The number of allylic oxidation sites excluding steroid dienone is 16. The number of ether oxygens (including phenoxy) is 1. The van der Waals surface area contributed by atoms with Gasteiger partial charge in [-0.1, -0.05) is 35.8 Å². The van der Waals surface area contributed by atoms with Crippen LogP contribution >= 0.6 is 0 Å². The van der Waals surface area contributed by atoms with E-state index in [4.69, 9.17) is 19.7 Å². The average molecular weight is 785 g/mol. The maximum atomic E-state index is 13.2. The van der Waals surface area contributed by atoms with E-state index in [1.54, 1.807) is 6.92 Å². The molecule has 0 radical (unpaired) electrons. The van der Waals surface area contributed by atoms with Crippen molar-refractivity contribution in [1.82, 2.24) is 5.32 Å². The molecule has 0 spiro atoms. The van der Waals surface area contributed by atoms with E-state index in [9.17, 15) is 19.8 Å². The van der Waals surface area contributed by atoms with Crippen molar-refractivity contribution in [2.24, 2.45) is 26.8 Å². The lowest BCUT2D eigenvalue weighted by Gasteiger charge is -2.12. The van der Waals surface area contributed by atoms with E-state index < -0.39 is 12.0 Å². The lowest BCUT2D eigenvalue weighted by atomic mass is 9.89. The van der Waals surface area contributed by atoms with Crippen molar-refractivity contribution < 1.29 is 24.5 Å². The summed E-state index contributed by atoms with van der Waals surface area (Å²) >= 11 is 0. The number of nitrogens with one attached hydrogen (secondary N) is 1. The van der Waals surface area contributed by atoms with Crippen LogP contribution in [0.2, 0.25) is 0 Å². The summed E-state index contributed by atoms with van der Waals surface area (Å²) < 4.78 is 5.72. The molecule has 9 heteroatoms. The van der Waals surface area contributed by atoms with Crippen molar-refractivity contribution in [1.29, 1.82) is 0 Å². The second-order valence-electron chi connectivity index (χ2n) is 16.7. The quantitative estimate of drug-likeness (QED) is 0.0913. The summed E-state index contributed by atoms with van der Waals surface area (Å²) in [5.74, 6) is -0.573. The van der Waals surface area contributed by atoms with Gasteiger partial charge in [-0.15, -0.1) is 0 Å². The van der Waals surface area contributed by atoms with Crippen molar-refractivity contribution in [3.8, 4) is 0 Å². The molecule has 3 atom stereocenters. The van der Waals surface area contributed by atoms with Gasteiger partial charge in [-0.3, -0.25) is 4.79 Å². The van der Waals surface area contributed by atoms with Gasteiger partial charge in [-0.2, -0.15) is 0 Å². The predicted molar refractivity (Wildman–Crippen MR) is 234 cm³/mol. The zero-order valence-electron chi connectivity index (χ0n) is 36.0. The first-order valence-electron chi connectivity index (χ1n) is 20.8. The third-order valence-corrected chi connectivity index (χ3v) is 12.2. The highest BCUT2D eigenvalue weighted by Gasteiger charge is 2.40. The van der Waals surface area contributed by atoms with Gasteiger partial charge in [0.15, 0.2) is 0 Å². The van der Waals surface area contributed by atoms with Gasteiger partial charge in [-0.25, -0.2) is 15.0 Å². The Morgan fingerprint density at radius 1 is 0.879 bits per heavy atom. The highest BCUT2D eigenvalue weighted by molar-refractivity contribution is 6.23. The number of hydrogen-bond donors (Lipinski definition) is 3. The molecule has 3 N–H and O–H groups in total. The number of carbonyl (C=O) groups is 2. The molecule has 5 aliphatic heterocycles. The number of aliphatic hydroxyl groups is 2. The first-order valence-corrected chi connectivity index (χ1v) is 20.8. The monoisotopic (exact) mass is 784 g/mol. The smallest absolute Gasteiger partial charge is 0.306 e. The summed E-state index contributed by atoms with van der Waals surface area (Å²) in [5, 5.41) is 26.0. The first kappa shape index (κ1) is 42.5. The van der Waals surface area contributed by atoms with E-state index in [-0.39, 0.29) is 37.1 Å². The SMILES string of the molecule is CC[C@H]1C2=CC3=C(C)C4=C(O)CC(=C5N=C(C(C)=C5CCC(=O)OC/C=C(\C)CC/C=C(\C)CCC=C(C)C)C(C)=C5N=C(C=C(N2)[C@@H]1C=O)C(C(C)O)=C5C)C4=N3. The van der Waals surface area contributed by atoms with Gasteiger partial charge in [0.25, 0.3) is 0 Å². The molecule has 1 fully saturated rings. The molecule has 58 heavy (non-hydrogen) atoms. The fourth-order valence-electron chi connectivity index (χ4n) is 8.90. The molecule has 306 valence electrons. The van der Waals surface area contributed by atoms with Crippen molar-refractivity contribution in [3.63, 3.8) is 0 Å². The van der Waals surface area contributed by atoms with Gasteiger partial charge in [0, 0.05) is 52.4 Å². The average Bonchev–Trinajstić information content (AvgIpc) is 3.94. The van der Waals surface area contributed by atoms with Crippen molar-refractivity contribution >= 4 is 29.4 Å². The summed E-state index contributed by atoms with van der Waals surface area (Å²) in [4.78, 5) is 41.4. The molecule has 0 amide bonds. The van der Waals surface area contributed by atoms with E-state index in [0.29, 0.717) is 46.1 Å². The molecule has 1 aliphatic carbocycles. The molecule has 6 rings (SSSR count). The Morgan fingerprint density at radius 3 is 2.26 bits per heavy atom. The number of aliphatic imine (C=N–C) groups is 3. The Balaban J connectivity index is 1.32. The van der Waals surface area contributed by atoms with Crippen LogP contribution in [0.25, 0.3) is 0 Å². The normalized spacial score (nSPS) is 22.4. The van der Waals surface area contributed by atoms with E-state index >= 15 is 0 Å². The van der Waals surface area contributed by atoms with Crippen LogP contribution in [-0.2, 0) is 14.3 Å². The number of esters is 1. The Labute approximate surface area is 344 Å². The standard InChI is InChI=1S/C49H60N4O5/c1-11-34-37(25-54)40-24-41-44(33(10)55)31(8)47(52-41)32(9)46-29(6)35(18-19-43(57)58-21-20-28(5)17-13-16-27(4)15-12-14-26(2)3)48(53-46)36-22-42(56)45-30(7)38(51-49(36)45)23-39(34)50-40/h14,16,20,23-25,33-34,37,50,55-56H,11-13,15,17-19,21-22H2,1-10H3/b27-16+,28-20+,39-23?,40-24?,47-32?,48-36?/t33?,34-,37-/m1/s1. The molecular weight excluding hydrogens is 725 g/mol. The lowest BCUT2D eigenvalue weighted by molar-refractivity contribution is -0.142.